The molecular weight excluding hydrogens is 391 g/mol. The van der Waals surface area contributed by atoms with E-state index in [0.29, 0.717) is 35.1 Å². The molecule has 2 aliphatic carbocycles. The van der Waals surface area contributed by atoms with E-state index in [-0.39, 0.29) is 23.5 Å². The molecule has 0 saturated heterocycles. The molecule has 2 fully saturated rings. The first-order valence-corrected chi connectivity index (χ1v) is 12.5. The summed E-state index contributed by atoms with van der Waals surface area (Å²) in [4.78, 5) is 13.2. The number of hydrogen-bond acceptors (Lipinski definition) is 3. The number of sulfone groups is 1. The van der Waals surface area contributed by atoms with Gasteiger partial charge >= 0.3 is 0 Å². The Morgan fingerprint density at radius 2 is 1.90 bits per heavy atom. The van der Waals surface area contributed by atoms with Crippen molar-refractivity contribution in [3.63, 3.8) is 0 Å². The van der Waals surface area contributed by atoms with Crippen molar-refractivity contribution in [3.05, 3.63) is 35.3 Å². The number of carbonyl (C=O) groups excluding carboxylic acids is 1. The van der Waals surface area contributed by atoms with Gasteiger partial charge in [0.15, 0.2) is 0 Å². The van der Waals surface area contributed by atoms with E-state index in [2.05, 4.69) is 5.32 Å². The monoisotopic (exact) mass is 420 g/mol. The Labute approximate surface area is 171 Å². The first-order valence-electron chi connectivity index (χ1n) is 10.5. The maximum Gasteiger partial charge on any atom is 0.253 e. The van der Waals surface area contributed by atoms with E-state index in [1.165, 1.54) is 31.6 Å². The molecule has 158 valence electrons. The molecule has 2 bridgehead atoms. The Morgan fingerprint density at radius 3 is 2.55 bits per heavy atom. The second-order valence-electron chi connectivity index (χ2n) is 8.92. The summed E-state index contributed by atoms with van der Waals surface area (Å²) in [5, 5.41) is 3.81. The molecule has 0 spiro atoms. The average Bonchev–Trinajstić information content (AvgIpc) is 3.11. The maximum absolute atomic E-state index is 14.7. The van der Waals surface area contributed by atoms with Crippen molar-refractivity contribution in [2.75, 3.05) is 12.0 Å². The molecule has 4 rings (SSSR count). The minimum absolute atomic E-state index is 0.0347. The molecule has 2 unspecified atom stereocenters. The molecule has 2 aliphatic rings. The number of amides is 1. The van der Waals surface area contributed by atoms with Crippen LogP contribution in [0, 0.1) is 24.6 Å². The van der Waals surface area contributed by atoms with E-state index in [9.17, 15) is 17.6 Å². The van der Waals surface area contributed by atoms with Gasteiger partial charge in [-0.3, -0.25) is 4.79 Å². The third kappa shape index (κ3) is 4.20. The molecule has 7 heteroatoms. The van der Waals surface area contributed by atoms with Crippen molar-refractivity contribution >= 4 is 26.6 Å². The molecule has 0 aliphatic heterocycles. The van der Waals surface area contributed by atoms with Crippen molar-refractivity contribution in [2.24, 2.45) is 11.8 Å². The summed E-state index contributed by atoms with van der Waals surface area (Å²) in [6, 6.07) is 4.97. The Balaban J connectivity index is 1.62. The zero-order chi connectivity index (χ0) is 20.8. The number of aryl methyl sites for hydroxylation is 1. The van der Waals surface area contributed by atoms with E-state index < -0.39 is 9.84 Å². The van der Waals surface area contributed by atoms with Gasteiger partial charge in [-0.1, -0.05) is 25.0 Å². The van der Waals surface area contributed by atoms with E-state index in [0.717, 1.165) is 24.7 Å². The fourth-order valence-electron chi connectivity index (χ4n) is 5.42. The number of para-hydroxylation sites is 1. The highest BCUT2D eigenvalue weighted by molar-refractivity contribution is 7.90. The van der Waals surface area contributed by atoms with Crippen molar-refractivity contribution < 1.29 is 17.6 Å². The number of fused-ring (bicyclic) bond motifs is 3. The number of carbonyl (C=O) groups is 1. The molecule has 1 amide bonds. The Morgan fingerprint density at radius 1 is 1.21 bits per heavy atom. The summed E-state index contributed by atoms with van der Waals surface area (Å²) >= 11 is 0. The molecule has 1 aromatic heterocycles. The van der Waals surface area contributed by atoms with Gasteiger partial charge in [-0.25, -0.2) is 12.8 Å². The number of nitrogens with zero attached hydrogens (tertiary/aromatic N) is 1. The smallest absolute Gasteiger partial charge is 0.253 e. The molecule has 2 saturated carbocycles. The lowest BCUT2D eigenvalue weighted by Gasteiger charge is -2.28. The van der Waals surface area contributed by atoms with E-state index in [1.54, 1.807) is 16.7 Å². The van der Waals surface area contributed by atoms with Crippen LogP contribution in [-0.2, 0) is 16.4 Å². The SMILES string of the molecule is Cc1c(C(=O)NC2CC3CCC(C3)C2)c2cccc(F)c2n1CCCS(C)(=O)=O. The fraction of sp³-hybridized carbons (Fsp3) is 0.591. The summed E-state index contributed by atoms with van der Waals surface area (Å²) < 4.78 is 39.4. The summed E-state index contributed by atoms with van der Waals surface area (Å²) in [6.45, 7) is 2.18. The highest BCUT2D eigenvalue weighted by Crippen LogP contribution is 2.42. The van der Waals surface area contributed by atoms with Gasteiger partial charge in [0.1, 0.15) is 15.7 Å². The minimum Gasteiger partial charge on any atom is -0.349 e. The van der Waals surface area contributed by atoms with Crippen LogP contribution in [0.5, 0.6) is 0 Å². The normalized spacial score (nSPS) is 24.2. The van der Waals surface area contributed by atoms with Gasteiger partial charge < -0.3 is 9.88 Å². The Kier molecular flexibility index (Phi) is 5.44. The fourth-order valence-corrected chi connectivity index (χ4v) is 6.08. The summed E-state index contributed by atoms with van der Waals surface area (Å²) in [5.41, 5.74) is 1.58. The van der Waals surface area contributed by atoms with E-state index in [1.807, 2.05) is 6.92 Å². The second-order valence-corrected chi connectivity index (χ2v) is 11.2. The van der Waals surface area contributed by atoms with Gasteiger partial charge in [0.25, 0.3) is 5.91 Å². The molecule has 1 aromatic carbocycles. The van der Waals surface area contributed by atoms with Gasteiger partial charge in [-0.15, -0.1) is 0 Å². The van der Waals surface area contributed by atoms with Crippen LogP contribution in [-0.4, -0.2) is 36.9 Å². The first-order chi connectivity index (χ1) is 13.7. The molecule has 2 atom stereocenters. The largest absolute Gasteiger partial charge is 0.349 e. The zero-order valence-electron chi connectivity index (χ0n) is 17.1. The number of rotatable bonds is 6. The number of aromatic nitrogens is 1. The highest BCUT2D eigenvalue weighted by atomic mass is 32.2. The average molecular weight is 421 g/mol. The minimum atomic E-state index is -3.09. The van der Waals surface area contributed by atoms with Gasteiger partial charge in [0.2, 0.25) is 0 Å². The van der Waals surface area contributed by atoms with Crippen LogP contribution in [0.25, 0.3) is 10.9 Å². The van der Waals surface area contributed by atoms with Crippen LogP contribution in [0.3, 0.4) is 0 Å². The van der Waals surface area contributed by atoms with Crippen LogP contribution in [0.1, 0.15) is 54.6 Å². The molecule has 1 N–H and O–H groups in total. The van der Waals surface area contributed by atoms with Crippen LogP contribution in [0.15, 0.2) is 18.2 Å². The molecule has 29 heavy (non-hydrogen) atoms. The lowest BCUT2D eigenvalue weighted by molar-refractivity contribution is 0.0919. The Bertz CT molecular complexity index is 1030. The predicted octanol–water partition coefficient (Wildman–Crippen LogP) is 3.83. The third-order valence-corrected chi connectivity index (χ3v) is 7.67. The summed E-state index contributed by atoms with van der Waals surface area (Å²) in [5.74, 6) is 0.934. The zero-order valence-corrected chi connectivity index (χ0v) is 17.9. The highest BCUT2D eigenvalue weighted by Gasteiger charge is 2.35. The lowest BCUT2D eigenvalue weighted by Crippen LogP contribution is -2.39. The summed E-state index contributed by atoms with van der Waals surface area (Å²) in [6.07, 6.45) is 7.46. The van der Waals surface area contributed by atoms with Crippen molar-refractivity contribution in [3.8, 4) is 0 Å². The second kappa shape index (κ2) is 7.74. The first kappa shape index (κ1) is 20.4. The lowest BCUT2D eigenvalue weighted by atomic mass is 9.85. The molecule has 2 aromatic rings. The number of nitrogens with one attached hydrogen (secondary N) is 1. The quantitative estimate of drug-likeness (QED) is 0.772. The van der Waals surface area contributed by atoms with Gasteiger partial charge in [0, 0.05) is 29.9 Å². The topological polar surface area (TPSA) is 68.2 Å². The van der Waals surface area contributed by atoms with Crippen LogP contribution in [0.2, 0.25) is 0 Å². The third-order valence-electron chi connectivity index (χ3n) is 6.64. The Hall–Kier alpha value is -1.89. The number of halogens is 1. The van der Waals surface area contributed by atoms with Crippen LogP contribution >= 0.6 is 0 Å². The van der Waals surface area contributed by atoms with Crippen LogP contribution < -0.4 is 5.32 Å². The maximum atomic E-state index is 14.7. The molecular formula is C22H29FN2O3S. The van der Waals surface area contributed by atoms with E-state index in [4.69, 9.17) is 0 Å². The number of benzene rings is 1. The van der Waals surface area contributed by atoms with Crippen molar-refractivity contribution in [2.45, 2.75) is 58.0 Å². The van der Waals surface area contributed by atoms with Crippen molar-refractivity contribution in [1.82, 2.24) is 9.88 Å². The predicted molar refractivity (Wildman–Crippen MR) is 112 cm³/mol. The molecule has 0 radical (unpaired) electrons. The van der Waals surface area contributed by atoms with Crippen molar-refractivity contribution in [1.29, 1.82) is 0 Å². The van der Waals surface area contributed by atoms with Gasteiger partial charge in [-0.2, -0.15) is 0 Å². The van der Waals surface area contributed by atoms with Gasteiger partial charge in [-0.05, 0) is 50.5 Å². The van der Waals surface area contributed by atoms with Gasteiger partial charge in [0.05, 0.1) is 16.8 Å². The summed E-state index contributed by atoms with van der Waals surface area (Å²) in [7, 11) is -3.09. The molecule has 5 nitrogen and oxygen atoms in total. The molecule has 1 heterocycles. The number of hydrogen-bond donors (Lipinski definition) is 1. The standard InChI is InChI=1S/C22H29FN2O3S/c1-14-20(22(26)24-17-12-15-7-8-16(11-15)13-17)18-5-3-6-19(23)21(18)25(14)9-4-10-29(2,27)28/h3,5-6,15-17H,4,7-13H2,1-2H3,(H,24,26). The van der Waals surface area contributed by atoms with E-state index >= 15 is 0 Å². The van der Waals surface area contributed by atoms with Crippen LogP contribution in [0.4, 0.5) is 4.39 Å².